The van der Waals surface area contributed by atoms with E-state index >= 15 is 0 Å². The lowest BCUT2D eigenvalue weighted by atomic mass is 11.5. The van der Waals surface area contributed by atoms with Crippen molar-refractivity contribution in [3.8, 4) is 0 Å². The molecule has 0 saturated heterocycles. The highest BCUT2D eigenvalue weighted by Gasteiger charge is 2.49. The summed E-state index contributed by atoms with van der Waals surface area (Å²) in [5.74, 6) is 0. The van der Waals surface area contributed by atoms with Crippen LogP contribution in [0.15, 0.2) is 0 Å². The molecule has 0 atom stereocenters. The van der Waals surface area contributed by atoms with Crippen molar-refractivity contribution in [3.63, 3.8) is 0 Å². The third kappa shape index (κ3) is 3.40. The van der Waals surface area contributed by atoms with E-state index in [1.807, 2.05) is 0 Å². The first-order valence-electron chi connectivity index (χ1n) is 2.90. The molecule has 0 heterocycles. The molecule has 0 fully saturated rings. The molecule has 0 aromatic rings. The van der Waals surface area contributed by atoms with Crippen LogP contribution in [0.25, 0.3) is 0 Å². The van der Waals surface area contributed by atoms with Crippen molar-refractivity contribution < 1.29 is 30.0 Å². The van der Waals surface area contributed by atoms with Crippen molar-refractivity contribution in [2.45, 2.75) is 5.51 Å². The summed E-state index contributed by atoms with van der Waals surface area (Å²) in [6, 6.07) is 0. The Kier molecular flexibility index (Phi) is 3.54. The molecule has 0 saturated carbocycles. The molecule has 6 nitrogen and oxygen atoms in total. The molecular weight excluding hydrogens is 249 g/mol. The van der Waals surface area contributed by atoms with Gasteiger partial charge in [-0.1, -0.05) is 0 Å². The topological polar surface area (TPSA) is 83.6 Å². The molecule has 1 N–H and O–H groups in total. The lowest BCUT2D eigenvalue weighted by molar-refractivity contribution is -0.0487. The van der Waals surface area contributed by atoms with Gasteiger partial charge in [0, 0.05) is 7.05 Å². The van der Waals surface area contributed by atoms with Crippen LogP contribution in [0.2, 0.25) is 0 Å². The van der Waals surface area contributed by atoms with Crippen LogP contribution >= 0.6 is 0 Å². The Morgan fingerprint density at radius 3 is 1.71 bits per heavy atom. The Hall–Kier alpha value is -0.390. The number of nitrogens with zero attached hydrogens (tertiary/aromatic N) is 1. The van der Waals surface area contributed by atoms with Crippen LogP contribution in [0.3, 0.4) is 0 Å². The van der Waals surface area contributed by atoms with E-state index in [0.717, 1.165) is 4.83 Å². The molecule has 11 heteroatoms. The predicted octanol–water partition coefficient (Wildman–Crippen LogP) is -0.768. The highest BCUT2D eigenvalue weighted by atomic mass is 32.2. The molecule has 0 aliphatic rings. The molecule has 14 heavy (non-hydrogen) atoms. The van der Waals surface area contributed by atoms with Gasteiger partial charge in [0.2, 0.25) is 10.0 Å². The second kappa shape index (κ2) is 3.64. The number of hydrogen-bond donors (Lipinski definition) is 1. The maximum atomic E-state index is 11.8. The minimum atomic E-state index is -5.67. The molecule has 0 aromatic heterocycles. The molecule has 0 aromatic carbocycles. The summed E-state index contributed by atoms with van der Waals surface area (Å²) in [7, 11) is -9.30. The number of hydrazine groups is 1. The van der Waals surface area contributed by atoms with Crippen LogP contribution in [0.1, 0.15) is 0 Å². The summed E-state index contributed by atoms with van der Waals surface area (Å²) in [5.41, 5.74) is -5.54. The van der Waals surface area contributed by atoms with Gasteiger partial charge in [0.05, 0.1) is 6.26 Å². The van der Waals surface area contributed by atoms with Gasteiger partial charge >= 0.3 is 15.5 Å². The van der Waals surface area contributed by atoms with Crippen molar-refractivity contribution in [2.24, 2.45) is 0 Å². The fraction of sp³-hybridized carbons (Fsp3) is 1.00. The maximum Gasteiger partial charge on any atom is 0.512 e. The fourth-order valence-corrected chi connectivity index (χ4v) is 2.01. The van der Waals surface area contributed by atoms with Crippen molar-refractivity contribution >= 4 is 20.0 Å². The number of halogens is 3. The normalized spacial score (nSPS) is 14.7. The molecule has 0 amide bonds. The minimum absolute atomic E-state index is 0.434. The zero-order valence-corrected chi connectivity index (χ0v) is 8.66. The van der Waals surface area contributed by atoms with Crippen LogP contribution in [0.5, 0.6) is 0 Å². The summed E-state index contributed by atoms with van der Waals surface area (Å²) >= 11 is 0. The van der Waals surface area contributed by atoms with E-state index in [1.165, 1.54) is 0 Å². The van der Waals surface area contributed by atoms with E-state index in [0.29, 0.717) is 13.3 Å². The molecule has 0 aliphatic heterocycles. The van der Waals surface area contributed by atoms with Gasteiger partial charge in [0.25, 0.3) is 0 Å². The second-order valence-corrected chi connectivity index (χ2v) is 5.97. The Labute approximate surface area is 78.8 Å². The van der Waals surface area contributed by atoms with Gasteiger partial charge in [-0.05, 0) is 0 Å². The maximum absolute atomic E-state index is 11.8. The second-order valence-electron chi connectivity index (χ2n) is 2.28. The fourth-order valence-electron chi connectivity index (χ4n) is 0.438. The summed E-state index contributed by atoms with van der Waals surface area (Å²) in [4.78, 5) is 1.16. The molecule has 86 valence electrons. The molecule has 0 radical (unpaired) electrons. The van der Waals surface area contributed by atoms with Gasteiger partial charge < -0.3 is 0 Å². The van der Waals surface area contributed by atoms with Crippen LogP contribution < -0.4 is 4.83 Å². The van der Waals surface area contributed by atoms with Gasteiger partial charge in [-0.3, -0.25) is 0 Å². The standard InChI is InChI=1S/C3H7F3N2O4S2/c1-8(7-13(2,9)10)14(11,12)3(4,5)6/h7H,1-2H3. The van der Waals surface area contributed by atoms with Gasteiger partial charge in [-0.25, -0.2) is 16.8 Å². The minimum Gasteiger partial charge on any atom is -0.211 e. The number of sulfonamides is 2. The highest BCUT2D eigenvalue weighted by Crippen LogP contribution is 2.24. The zero-order chi connectivity index (χ0) is 11.8. The van der Waals surface area contributed by atoms with Gasteiger partial charge in [0.1, 0.15) is 0 Å². The van der Waals surface area contributed by atoms with Crippen LogP contribution in [-0.2, 0) is 20.0 Å². The summed E-state index contributed by atoms with van der Waals surface area (Å²) in [6.45, 7) is 0. The van der Waals surface area contributed by atoms with Crippen molar-refractivity contribution in [3.05, 3.63) is 0 Å². The quantitative estimate of drug-likeness (QED) is 0.672. The lowest BCUT2D eigenvalue weighted by Gasteiger charge is -2.17. The van der Waals surface area contributed by atoms with Crippen LogP contribution in [0.4, 0.5) is 13.2 Å². The van der Waals surface area contributed by atoms with Gasteiger partial charge in [-0.2, -0.15) is 13.2 Å². The number of rotatable bonds is 3. The highest BCUT2D eigenvalue weighted by molar-refractivity contribution is 7.92. The van der Waals surface area contributed by atoms with E-state index in [2.05, 4.69) is 0 Å². The molecule has 0 aliphatic carbocycles. The number of alkyl halides is 3. The van der Waals surface area contributed by atoms with E-state index in [-0.39, 0.29) is 0 Å². The Balaban J connectivity index is 4.99. The lowest BCUT2D eigenvalue weighted by Crippen LogP contribution is -2.48. The first-order chi connectivity index (χ1) is 5.88. The summed E-state index contributed by atoms with van der Waals surface area (Å²) in [6.07, 6.45) is 0.523. The largest absolute Gasteiger partial charge is 0.512 e. The molecule has 0 rings (SSSR count). The van der Waals surface area contributed by atoms with E-state index < -0.39 is 30.0 Å². The Bertz CT molecular complexity index is 396. The average molecular weight is 256 g/mol. The predicted molar refractivity (Wildman–Crippen MR) is 40.7 cm³/mol. The Morgan fingerprint density at radius 1 is 1.14 bits per heavy atom. The molecule has 0 spiro atoms. The summed E-state index contributed by atoms with van der Waals surface area (Å²) in [5, 5.41) is 0. The third-order valence-electron chi connectivity index (χ3n) is 0.947. The third-order valence-corrected chi connectivity index (χ3v) is 3.07. The van der Waals surface area contributed by atoms with Crippen LogP contribution in [0, 0.1) is 0 Å². The van der Waals surface area contributed by atoms with Crippen molar-refractivity contribution in [1.82, 2.24) is 9.25 Å². The first-order valence-corrected chi connectivity index (χ1v) is 6.23. The zero-order valence-electron chi connectivity index (χ0n) is 7.03. The van der Waals surface area contributed by atoms with E-state index in [4.69, 9.17) is 0 Å². The van der Waals surface area contributed by atoms with E-state index in [9.17, 15) is 30.0 Å². The smallest absolute Gasteiger partial charge is 0.211 e. The van der Waals surface area contributed by atoms with E-state index in [1.54, 1.807) is 0 Å². The molecule has 0 bridgehead atoms. The van der Waals surface area contributed by atoms with Gasteiger partial charge in [-0.15, -0.1) is 9.25 Å². The first kappa shape index (κ1) is 13.6. The van der Waals surface area contributed by atoms with Crippen LogP contribution in [-0.4, -0.2) is 40.1 Å². The average Bonchev–Trinajstić information content (AvgIpc) is 1.80. The van der Waals surface area contributed by atoms with Gasteiger partial charge in [0.15, 0.2) is 0 Å². The molecule has 0 unspecified atom stereocenters. The SMILES string of the molecule is CN(NS(C)(=O)=O)S(=O)(=O)C(F)(F)F. The number of nitrogens with one attached hydrogen (secondary N) is 1. The van der Waals surface area contributed by atoms with Crippen molar-refractivity contribution in [1.29, 1.82) is 0 Å². The monoisotopic (exact) mass is 256 g/mol. The Morgan fingerprint density at radius 2 is 1.50 bits per heavy atom. The molecular formula is C3H7F3N2O4S2. The number of hydrogen-bond acceptors (Lipinski definition) is 4. The summed E-state index contributed by atoms with van der Waals surface area (Å²) < 4.78 is 76.7. The van der Waals surface area contributed by atoms with Crippen molar-refractivity contribution in [2.75, 3.05) is 13.3 Å².